The molecule has 0 bridgehead atoms. The number of aromatic nitrogens is 2. The van der Waals surface area contributed by atoms with Gasteiger partial charge in [-0.05, 0) is 23.8 Å². The molecule has 2 aromatic rings. The predicted octanol–water partition coefficient (Wildman–Crippen LogP) is 1.95. The molecule has 0 saturated heterocycles. The molecule has 0 spiro atoms. The number of nitrogens with two attached hydrogens (primary N) is 1. The predicted molar refractivity (Wildman–Crippen MR) is 74.1 cm³/mol. The normalized spacial score (nSPS) is 13.4. The van der Waals surface area contributed by atoms with E-state index in [0.29, 0.717) is 17.4 Å². The van der Waals surface area contributed by atoms with Crippen LogP contribution in [0, 0.1) is 0 Å². The number of carbonyl (C=O) groups excluding carboxylic acids is 1. The van der Waals surface area contributed by atoms with E-state index in [4.69, 9.17) is 17.3 Å². The second-order valence-corrected chi connectivity index (χ2v) is 4.59. The van der Waals surface area contributed by atoms with E-state index in [1.165, 1.54) is 0 Å². The Morgan fingerprint density at radius 1 is 1.47 bits per heavy atom. The van der Waals surface area contributed by atoms with Crippen molar-refractivity contribution in [3.63, 3.8) is 0 Å². The molecule has 0 fully saturated rings. The molecule has 1 aliphatic heterocycles. The molecule has 0 radical (unpaired) electrons. The highest BCUT2D eigenvalue weighted by Gasteiger charge is 2.20. The molecule has 1 aromatic carbocycles. The van der Waals surface area contributed by atoms with Crippen LogP contribution >= 0.6 is 11.6 Å². The molecular weight excluding hydrogens is 264 g/mol. The zero-order valence-electron chi connectivity index (χ0n) is 9.93. The summed E-state index contributed by atoms with van der Waals surface area (Å²) in [5, 5.41) is 3.76. The van der Waals surface area contributed by atoms with Gasteiger partial charge in [0.05, 0.1) is 5.70 Å². The van der Waals surface area contributed by atoms with Gasteiger partial charge >= 0.3 is 0 Å². The van der Waals surface area contributed by atoms with Crippen molar-refractivity contribution in [2.45, 2.75) is 0 Å². The van der Waals surface area contributed by atoms with Crippen molar-refractivity contribution < 1.29 is 4.79 Å². The lowest BCUT2D eigenvalue weighted by Gasteiger charge is -2.19. The van der Waals surface area contributed by atoms with E-state index in [1.54, 1.807) is 10.9 Å². The van der Waals surface area contributed by atoms with Gasteiger partial charge in [-0.3, -0.25) is 9.36 Å². The summed E-state index contributed by atoms with van der Waals surface area (Å²) in [5.74, 6) is 0.0681. The van der Waals surface area contributed by atoms with Gasteiger partial charge in [-0.2, -0.15) is 0 Å². The van der Waals surface area contributed by atoms with Crippen molar-refractivity contribution in [2.24, 2.45) is 5.73 Å². The van der Waals surface area contributed by atoms with Gasteiger partial charge in [-0.15, -0.1) is 0 Å². The number of carbonyl (C=O) groups is 1. The molecule has 5 nitrogen and oxygen atoms in total. The van der Waals surface area contributed by atoms with Gasteiger partial charge in [0.25, 0.3) is 5.91 Å². The summed E-state index contributed by atoms with van der Waals surface area (Å²) in [6.07, 6.45) is 3.58. The summed E-state index contributed by atoms with van der Waals surface area (Å²) in [5.41, 5.74) is 7.43. The van der Waals surface area contributed by atoms with E-state index in [-0.39, 0.29) is 5.69 Å². The van der Waals surface area contributed by atoms with Crippen LogP contribution in [0.2, 0.25) is 5.02 Å². The monoisotopic (exact) mass is 274 g/mol. The van der Waals surface area contributed by atoms with Crippen molar-refractivity contribution in [1.29, 1.82) is 0 Å². The SMILES string of the molecule is NC(=O)c1ncn2c1NCC=C2c1cccc(Cl)c1. The minimum absolute atomic E-state index is 0.243. The second kappa shape index (κ2) is 4.44. The van der Waals surface area contributed by atoms with Crippen LogP contribution in [0.5, 0.6) is 0 Å². The third-order valence-electron chi connectivity index (χ3n) is 2.95. The minimum atomic E-state index is -0.548. The van der Waals surface area contributed by atoms with Gasteiger partial charge in [-0.1, -0.05) is 23.7 Å². The van der Waals surface area contributed by atoms with Gasteiger partial charge in [0.1, 0.15) is 12.1 Å². The first-order valence-corrected chi connectivity index (χ1v) is 6.12. The molecule has 1 aromatic heterocycles. The largest absolute Gasteiger partial charge is 0.366 e. The topological polar surface area (TPSA) is 72.9 Å². The molecule has 96 valence electrons. The highest BCUT2D eigenvalue weighted by Crippen LogP contribution is 2.28. The van der Waals surface area contributed by atoms with E-state index in [9.17, 15) is 4.79 Å². The van der Waals surface area contributed by atoms with Crippen molar-refractivity contribution in [3.05, 3.63) is 52.9 Å². The van der Waals surface area contributed by atoms with Crippen molar-refractivity contribution in [1.82, 2.24) is 9.55 Å². The lowest BCUT2D eigenvalue weighted by Crippen LogP contribution is -2.19. The number of primary amides is 1. The van der Waals surface area contributed by atoms with Crippen LogP contribution in [0.25, 0.3) is 5.70 Å². The Labute approximate surface area is 114 Å². The Kier molecular flexibility index (Phi) is 2.76. The average Bonchev–Trinajstić information content (AvgIpc) is 2.82. The average molecular weight is 275 g/mol. The number of rotatable bonds is 2. The number of halogens is 1. The standard InChI is InChI=1S/C13H11ClN4O/c14-9-3-1-2-8(6-9)10-4-5-16-13-11(12(15)19)17-7-18(10)13/h1-4,6-7,16H,5H2,(H2,15,19). The molecule has 1 amide bonds. The summed E-state index contributed by atoms with van der Waals surface area (Å²) in [6, 6.07) is 7.52. The number of hydrogen-bond acceptors (Lipinski definition) is 3. The van der Waals surface area contributed by atoms with E-state index >= 15 is 0 Å². The molecule has 19 heavy (non-hydrogen) atoms. The number of imidazole rings is 1. The number of anilines is 1. The summed E-state index contributed by atoms with van der Waals surface area (Å²) in [7, 11) is 0. The fraction of sp³-hybridized carbons (Fsp3) is 0.0769. The Balaban J connectivity index is 2.11. The molecule has 1 aliphatic rings. The van der Waals surface area contributed by atoms with Crippen LogP contribution in [0.1, 0.15) is 16.1 Å². The highest BCUT2D eigenvalue weighted by atomic mass is 35.5. The maximum atomic E-state index is 11.3. The number of hydrogen-bond donors (Lipinski definition) is 2. The Bertz CT molecular complexity index is 690. The fourth-order valence-corrected chi connectivity index (χ4v) is 2.32. The maximum absolute atomic E-state index is 11.3. The number of nitrogens with one attached hydrogen (secondary N) is 1. The van der Waals surface area contributed by atoms with Crippen molar-refractivity contribution in [3.8, 4) is 0 Å². The Morgan fingerprint density at radius 2 is 2.32 bits per heavy atom. The second-order valence-electron chi connectivity index (χ2n) is 4.16. The first-order chi connectivity index (χ1) is 9.16. The van der Waals surface area contributed by atoms with Crippen LogP contribution in [-0.2, 0) is 0 Å². The van der Waals surface area contributed by atoms with Crippen molar-refractivity contribution in [2.75, 3.05) is 11.9 Å². The van der Waals surface area contributed by atoms with Crippen molar-refractivity contribution >= 4 is 29.0 Å². The van der Waals surface area contributed by atoms with Crippen LogP contribution in [-0.4, -0.2) is 22.0 Å². The summed E-state index contributed by atoms with van der Waals surface area (Å²) in [4.78, 5) is 15.3. The van der Waals surface area contributed by atoms with E-state index in [1.807, 2.05) is 30.3 Å². The lowest BCUT2D eigenvalue weighted by molar-refractivity contribution is 0.0997. The first-order valence-electron chi connectivity index (χ1n) is 5.74. The van der Waals surface area contributed by atoms with Crippen LogP contribution in [0.4, 0.5) is 5.82 Å². The summed E-state index contributed by atoms with van der Waals surface area (Å²) >= 11 is 6.00. The molecule has 3 rings (SSSR count). The van der Waals surface area contributed by atoms with E-state index in [0.717, 1.165) is 11.3 Å². The molecule has 6 heteroatoms. The smallest absolute Gasteiger partial charge is 0.271 e. The van der Waals surface area contributed by atoms with Gasteiger partial charge in [-0.25, -0.2) is 4.98 Å². The Hall–Kier alpha value is -2.27. The molecule has 0 saturated carbocycles. The number of fused-ring (bicyclic) bond motifs is 1. The summed E-state index contributed by atoms with van der Waals surface area (Å²) < 4.78 is 1.80. The third kappa shape index (κ3) is 1.98. The van der Waals surface area contributed by atoms with Crippen LogP contribution in [0.15, 0.2) is 36.7 Å². The van der Waals surface area contributed by atoms with Gasteiger partial charge in [0, 0.05) is 11.6 Å². The number of nitrogens with zero attached hydrogens (tertiary/aromatic N) is 2. The Morgan fingerprint density at radius 3 is 3.05 bits per heavy atom. The molecular formula is C13H11ClN4O. The zero-order chi connectivity index (χ0) is 13.4. The van der Waals surface area contributed by atoms with Crippen LogP contribution < -0.4 is 11.1 Å². The van der Waals surface area contributed by atoms with Gasteiger partial charge in [0.15, 0.2) is 5.69 Å². The zero-order valence-corrected chi connectivity index (χ0v) is 10.7. The highest BCUT2D eigenvalue weighted by molar-refractivity contribution is 6.30. The fourth-order valence-electron chi connectivity index (χ4n) is 2.13. The number of amides is 1. The maximum Gasteiger partial charge on any atom is 0.271 e. The molecule has 2 heterocycles. The summed E-state index contributed by atoms with van der Waals surface area (Å²) in [6.45, 7) is 0.605. The third-order valence-corrected chi connectivity index (χ3v) is 3.18. The molecule has 3 N–H and O–H groups in total. The van der Waals surface area contributed by atoms with Gasteiger partial charge < -0.3 is 11.1 Å². The first kappa shape index (κ1) is 11.8. The van der Waals surface area contributed by atoms with E-state index < -0.39 is 5.91 Å². The molecule has 0 atom stereocenters. The number of benzene rings is 1. The quantitative estimate of drug-likeness (QED) is 0.879. The van der Waals surface area contributed by atoms with E-state index in [2.05, 4.69) is 10.3 Å². The lowest BCUT2D eigenvalue weighted by atomic mass is 10.1. The molecule has 0 aliphatic carbocycles. The molecule has 0 unspecified atom stereocenters. The van der Waals surface area contributed by atoms with Gasteiger partial charge in [0.2, 0.25) is 0 Å². The minimum Gasteiger partial charge on any atom is -0.366 e. The van der Waals surface area contributed by atoms with Crippen LogP contribution in [0.3, 0.4) is 0 Å².